The van der Waals surface area contributed by atoms with Crippen LogP contribution in [0, 0.1) is 11.8 Å². The van der Waals surface area contributed by atoms with E-state index in [1.807, 2.05) is 0 Å². The number of anilines is 2. The van der Waals surface area contributed by atoms with Crippen molar-refractivity contribution in [3.05, 3.63) is 63.9 Å². The molecule has 2 aromatic rings. The maximum atomic E-state index is 14.1. The van der Waals surface area contributed by atoms with Crippen molar-refractivity contribution in [2.45, 2.75) is 37.4 Å². The van der Waals surface area contributed by atoms with Gasteiger partial charge in [-0.15, -0.1) is 13.2 Å². The van der Waals surface area contributed by atoms with E-state index in [2.05, 4.69) is 15.4 Å². The van der Waals surface area contributed by atoms with E-state index >= 15 is 0 Å². The van der Waals surface area contributed by atoms with Crippen LogP contribution >= 0.6 is 0 Å². The Labute approximate surface area is 277 Å². The van der Waals surface area contributed by atoms with Crippen molar-refractivity contribution in [3.63, 3.8) is 0 Å². The molecule has 49 heavy (non-hydrogen) atoms. The molecule has 0 aliphatic heterocycles. The van der Waals surface area contributed by atoms with E-state index in [0.29, 0.717) is 11.3 Å². The van der Waals surface area contributed by atoms with E-state index in [4.69, 9.17) is 5.73 Å². The standard InChI is InChI=1S/C32H34F3N5O9/c1-39(2)19-11-14(12-37-30(47)38-15-5-7-16(8-6-15)49-32(33,34)35)24(41)21-17(19)9-13-10-18-23(40(3)4)26(43)22(29(36)46)28(45)31(18,48)27(44)20(13)25(21)42/h5-8,11,13,18,23,41-42,45,48H,9-10,12H2,1-4H3,(H2,36,46)(H2,37,38,47)/t13-,18-,23-,31-/m0/s1. The highest BCUT2D eigenvalue weighted by Crippen LogP contribution is 2.54. The number of alkyl halides is 3. The number of Topliss-reactive ketones (excluding diaryl/α,β-unsaturated/α-hetero) is 2. The van der Waals surface area contributed by atoms with Crippen LogP contribution < -0.4 is 26.0 Å². The molecule has 0 saturated heterocycles. The molecule has 1 saturated carbocycles. The summed E-state index contributed by atoms with van der Waals surface area (Å²) in [6, 6.07) is 3.94. The quantitative estimate of drug-likeness (QED) is 0.209. The van der Waals surface area contributed by atoms with Gasteiger partial charge in [-0.25, -0.2) is 4.79 Å². The monoisotopic (exact) mass is 689 g/mol. The molecule has 14 nitrogen and oxygen atoms in total. The van der Waals surface area contributed by atoms with Crippen molar-refractivity contribution >= 4 is 40.6 Å². The Morgan fingerprint density at radius 1 is 1.08 bits per heavy atom. The van der Waals surface area contributed by atoms with Gasteiger partial charge in [0.1, 0.15) is 28.6 Å². The average Bonchev–Trinajstić information content (AvgIpc) is 2.98. The summed E-state index contributed by atoms with van der Waals surface area (Å²) in [5.41, 5.74) is 2.35. The summed E-state index contributed by atoms with van der Waals surface area (Å²) in [6.45, 7) is -0.314. The van der Waals surface area contributed by atoms with E-state index in [-0.39, 0.29) is 41.8 Å². The minimum Gasteiger partial charge on any atom is -0.508 e. The number of nitrogens with one attached hydrogen (secondary N) is 2. The molecule has 0 unspecified atom stereocenters. The molecule has 3 amide bonds. The number of aromatic hydroxyl groups is 1. The number of aliphatic hydroxyl groups is 3. The van der Waals surface area contributed by atoms with E-state index in [1.54, 1.807) is 25.1 Å². The highest BCUT2D eigenvalue weighted by atomic mass is 19.4. The molecule has 0 spiro atoms. The second-order valence-electron chi connectivity index (χ2n) is 12.5. The Morgan fingerprint density at radius 3 is 2.27 bits per heavy atom. The second-order valence-corrected chi connectivity index (χ2v) is 12.5. The van der Waals surface area contributed by atoms with Crippen molar-refractivity contribution in [2.75, 3.05) is 38.4 Å². The molecule has 5 rings (SSSR count). The van der Waals surface area contributed by atoms with Crippen molar-refractivity contribution in [3.8, 4) is 11.5 Å². The number of carbonyl (C=O) groups is 4. The highest BCUT2D eigenvalue weighted by molar-refractivity contribution is 6.24. The molecule has 2 aromatic carbocycles. The van der Waals surface area contributed by atoms with Gasteiger partial charge in [0, 0.05) is 49.1 Å². The molecule has 3 aliphatic carbocycles. The third-order valence-corrected chi connectivity index (χ3v) is 9.04. The summed E-state index contributed by atoms with van der Waals surface area (Å²) in [5, 5.41) is 50.8. The topological polar surface area (TPSA) is 215 Å². The van der Waals surface area contributed by atoms with Crippen molar-refractivity contribution in [1.82, 2.24) is 10.2 Å². The molecule has 0 radical (unpaired) electrons. The lowest BCUT2D eigenvalue weighted by Gasteiger charge is -2.50. The van der Waals surface area contributed by atoms with Crippen LogP contribution in [0.4, 0.5) is 29.3 Å². The van der Waals surface area contributed by atoms with Crippen LogP contribution in [0.15, 0.2) is 47.2 Å². The third kappa shape index (κ3) is 5.99. The van der Waals surface area contributed by atoms with E-state index in [1.165, 1.54) is 31.1 Å². The maximum Gasteiger partial charge on any atom is 0.573 e. The average molecular weight is 690 g/mol. The van der Waals surface area contributed by atoms with Crippen LogP contribution in [0.5, 0.6) is 11.5 Å². The lowest BCUT2D eigenvalue weighted by molar-refractivity contribution is -0.274. The first kappa shape index (κ1) is 35.0. The van der Waals surface area contributed by atoms with Crippen molar-refractivity contribution in [1.29, 1.82) is 0 Å². The van der Waals surface area contributed by atoms with Crippen LogP contribution in [0.1, 0.15) is 23.1 Å². The lowest BCUT2D eigenvalue weighted by Crippen LogP contribution is -2.65. The van der Waals surface area contributed by atoms with Gasteiger partial charge in [-0.3, -0.25) is 19.3 Å². The number of hydrogen-bond donors (Lipinski definition) is 7. The predicted octanol–water partition coefficient (Wildman–Crippen LogP) is 2.25. The Balaban J connectivity index is 1.49. The second kappa shape index (κ2) is 12.3. The summed E-state index contributed by atoms with van der Waals surface area (Å²) in [5.74, 6) is -8.23. The van der Waals surface area contributed by atoms with Crippen LogP contribution in [0.25, 0.3) is 5.76 Å². The summed E-state index contributed by atoms with van der Waals surface area (Å²) < 4.78 is 41.1. The molecule has 4 atom stereocenters. The molecular formula is C32H34F3N5O9. The van der Waals surface area contributed by atoms with Crippen molar-refractivity contribution < 1.29 is 57.5 Å². The van der Waals surface area contributed by atoms with Crippen molar-refractivity contribution in [2.24, 2.45) is 17.6 Å². The zero-order valence-electron chi connectivity index (χ0n) is 26.7. The minimum absolute atomic E-state index is 0.0673. The summed E-state index contributed by atoms with van der Waals surface area (Å²) in [4.78, 5) is 55.3. The Kier molecular flexibility index (Phi) is 8.80. The van der Waals surface area contributed by atoms with Gasteiger partial charge in [-0.1, -0.05) is 0 Å². The third-order valence-electron chi connectivity index (χ3n) is 9.04. The van der Waals surface area contributed by atoms with E-state index in [9.17, 15) is 52.8 Å². The van der Waals surface area contributed by atoms with Gasteiger partial charge in [0.2, 0.25) is 5.78 Å². The van der Waals surface area contributed by atoms with E-state index in [0.717, 1.165) is 12.1 Å². The van der Waals surface area contributed by atoms with Crippen LogP contribution in [-0.2, 0) is 27.3 Å². The number of nitrogens with two attached hydrogens (primary N) is 1. The number of fused-ring (bicyclic) bond motifs is 3. The highest BCUT2D eigenvalue weighted by Gasteiger charge is 2.64. The fourth-order valence-corrected chi connectivity index (χ4v) is 6.97. The number of nitrogens with zero attached hydrogens (tertiary/aromatic N) is 2. The molecule has 8 N–H and O–H groups in total. The maximum absolute atomic E-state index is 14.1. The first-order valence-corrected chi connectivity index (χ1v) is 14.9. The van der Waals surface area contributed by atoms with Crippen LogP contribution in [0.3, 0.4) is 0 Å². The number of phenols is 1. The number of ether oxygens (including phenoxy) is 1. The molecule has 0 aromatic heterocycles. The molecular weight excluding hydrogens is 655 g/mol. The minimum atomic E-state index is -4.88. The fraction of sp³-hybridized carbons (Fsp3) is 0.375. The number of carbonyl (C=O) groups excluding carboxylic acids is 4. The van der Waals surface area contributed by atoms with Crippen LogP contribution in [0.2, 0.25) is 0 Å². The molecule has 1 fully saturated rings. The van der Waals surface area contributed by atoms with Gasteiger partial charge < -0.3 is 46.4 Å². The summed E-state index contributed by atoms with van der Waals surface area (Å²) >= 11 is 0. The van der Waals surface area contributed by atoms with Gasteiger partial charge in [-0.2, -0.15) is 0 Å². The number of amides is 3. The number of benzene rings is 2. The largest absolute Gasteiger partial charge is 0.573 e. The van der Waals surface area contributed by atoms with Crippen LogP contribution in [-0.4, -0.2) is 95.0 Å². The SMILES string of the molecule is CN(C)c1cc(CNC(=O)Nc2ccc(OC(F)(F)F)cc2)c(O)c2c1C[C@H]1C[C@H]3[C@H](N(C)C)C(=O)C(C(N)=O)=C(O)[C@@]3(O)C(=O)C1=C2O. The van der Waals surface area contributed by atoms with Gasteiger partial charge in [0.05, 0.1) is 11.6 Å². The zero-order valence-corrected chi connectivity index (χ0v) is 26.7. The molecule has 3 aliphatic rings. The summed E-state index contributed by atoms with van der Waals surface area (Å²) in [6.07, 6.45) is -4.89. The first-order chi connectivity index (χ1) is 22.8. The number of primary amides is 1. The number of phenolic OH excluding ortho intramolecular Hbond substituents is 1. The van der Waals surface area contributed by atoms with E-state index < -0.39 is 81.9 Å². The Hall–Kier alpha value is -5.29. The first-order valence-electron chi connectivity index (χ1n) is 14.9. The molecule has 0 heterocycles. The number of rotatable bonds is 7. The normalized spacial score (nSPS) is 23.5. The number of halogens is 3. The van der Waals surface area contributed by atoms with Gasteiger partial charge in [0.25, 0.3) is 5.91 Å². The fourth-order valence-electron chi connectivity index (χ4n) is 6.97. The Morgan fingerprint density at radius 2 is 1.71 bits per heavy atom. The number of aliphatic hydroxyl groups excluding tert-OH is 2. The smallest absolute Gasteiger partial charge is 0.508 e. The zero-order chi connectivity index (χ0) is 36.3. The molecule has 0 bridgehead atoms. The number of likely N-dealkylation sites (N-methyl/N-ethyl adjacent to an activating group) is 1. The molecule has 262 valence electrons. The number of hydrogen-bond acceptors (Lipinski definition) is 11. The van der Waals surface area contributed by atoms with Gasteiger partial charge >= 0.3 is 12.4 Å². The predicted molar refractivity (Wildman–Crippen MR) is 168 cm³/mol. The van der Waals surface area contributed by atoms with Gasteiger partial charge in [0.15, 0.2) is 11.4 Å². The Bertz CT molecular complexity index is 1820. The lowest BCUT2D eigenvalue weighted by atomic mass is 9.57. The molecule has 17 heteroatoms. The number of ketones is 2. The van der Waals surface area contributed by atoms with Gasteiger partial charge in [-0.05, 0) is 68.8 Å². The number of urea groups is 1. The summed E-state index contributed by atoms with van der Waals surface area (Å²) in [7, 11) is 6.41.